The van der Waals surface area contributed by atoms with Gasteiger partial charge in [0, 0.05) is 21.5 Å². The van der Waals surface area contributed by atoms with E-state index < -0.39 is 0 Å². The van der Waals surface area contributed by atoms with Crippen LogP contribution < -0.4 is 0 Å². The van der Waals surface area contributed by atoms with E-state index in [1.54, 1.807) is 12.1 Å². The Morgan fingerprint density at radius 2 is 1.69 bits per heavy atom. The first-order chi connectivity index (χ1) is 6.15. The van der Waals surface area contributed by atoms with Crippen LogP contribution in [0.5, 0.6) is 0 Å². The molecular formula is C9H6Cl3N. The maximum atomic E-state index is 8.40. The average molecular weight is 235 g/mol. The second-order valence-corrected chi connectivity index (χ2v) is 3.76. The molecule has 0 spiro atoms. The third-order valence-electron chi connectivity index (χ3n) is 1.59. The monoisotopic (exact) mass is 233 g/mol. The van der Waals surface area contributed by atoms with Crippen LogP contribution in [-0.2, 0) is 6.42 Å². The fraction of sp³-hybridized carbons (Fsp3) is 0.222. The number of hydrogen-bond donors (Lipinski definition) is 0. The number of halogens is 3. The molecule has 1 nitrogen and oxygen atoms in total. The van der Waals surface area contributed by atoms with Gasteiger partial charge in [-0.1, -0.05) is 34.8 Å². The second kappa shape index (κ2) is 4.72. The topological polar surface area (TPSA) is 23.8 Å². The van der Waals surface area contributed by atoms with E-state index in [0.29, 0.717) is 27.9 Å². The summed E-state index contributed by atoms with van der Waals surface area (Å²) in [7, 11) is 0. The smallest absolute Gasteiger partial charge is 0.0625 e. The van der Waals surface area contributed by atoms with Crippen molar-refractivity contribution in [3.05, 3.63) is 32.8 Å². The Hall–Kier alpha value is -0.420. The van der Waals surface area contributed by atoms with Gasteiger partial charge in [0.15, 0.2) is 0 Å². The van der Waals surface area contributed by atoms with Crippen LogP contribution in [0.15, 0.2) is 12.1 Å². The zero-order chi connectivity index (χ0) is 9.84. The van der Waals surface area contributed by atoms with Gasteiger partial charge in [-0.2, -0.15) is 5.26 Å². The van der Waals surface area contributed by atoms with Crippen LogP contribution in [-0.4, -0.2) is 0 Å². The molecular weight excluding hydrogens is 228 g/mol. The molecule has 0 atom stereocenters. The number of benzene rings is 1. The van der Waals surface area contributed by atoms with Gasteiger partial charge in [0.05, 0.1) is 6.07 Å². The highest BCUT2D eigenvalue weighted by molar-refractivity contribution is 6.39. The lowest BCUT2D eigenvalue weighted by molar-refractivity contribution is 1.01. The van der Waals surface area contributed by atoms with Crippen LogP contribution in [0.3, 0.4) is 0 Å². The van der Waals surface area contributed by atoms with E-state index in [9.17, 15) is 0 Å². The van der Waals surface area contributed by atoms with Gasteiger partial charge in [0.25, 0.3) is 0 Å². The van der Waals surface area contributed by atoms with E-state index >= 15 is 0 Å². The molecule has 0 bridgehead atoms. The van der Waals surface area contributed by atoms with Crippen LogP contribution >= 0.6 is 34.8 Å². The summed E-state index contributed by atoms with van der Waals surface area (Å²) in [6, 6.07) is 5.29. The Morgan fingerprint density at radius 1 is 1.15 bits per heavy atom. The molecule has 1 aromatic rings. The lowest BCUT2D eigenvalue weighted by atomic mass is 10.1. The van der Waals surface area contributed by atoms with Crippen molar-refractivity contribution >= 4 is 34.8 Å². The zero-order valence-corrected chi connectivity index (χ0v) is 8.92. The van der Waals surface area contributed by atoms with Crippen molar-refractivity contribution in [1.82, 2.24) is 0 Å². The largest absolute Gasteiger partial charge is 0.198 e. The summed E-state index contributed by atoms with van der Waals surface area (Å²) < 4.78 is 0. The highest BCUT2D eigenvalue weighted by Crippen LogP contribution is 2.29. The van der Waals surface area contributed by atoms with E-state index in [-0.39, 0.29) is 0 Å². The predicted molar refractivity (Wildman–Crippen MR) is 55.4 cm³/mol. The summed E-state index contributed by atoms with van der Waals surface area (Å²) in [5, 5.41) is 9.95. The summed E-state index contributed by atoms with van der Waals surface area (Å²) in [5.41, 5.74) is 0.786. The number of rotatable bonds is 2. The molecule has 0 fully saturated rings. The molecule has 0 saturated heterocycles. The van der Waals surface area contributed by atoms with Crippen molar-refractivity contribution < 1.29 is 0 Å². The number of nitriles is 1. The van der Waals surface area contributed by atoms with Crippen molar-refractivity contribution in [1.29, 1.82) is 5.26 Å². The molecule has 13 heavy (non-hydrogen) atoms. The van der Waals surface area contributed by atoms with Crippen LogP contribution in [0, 0.1) is 11.3 Å². The van der Waals surface area contributed by atoms with Crippen molar-refractivity contribution in [3.63, 3.8) is 0 Å². The molecule has 0 N–H and O–H groups in total. The first kappa shape index (κ1) is 10.7. The molecule has 68 valence electrons. The van der Waals surface area contributed by atoms with Gasteiger partial charge in [-0.25, -0.2) is 0 Å². The minimum absolute atomic E-state index is 0.404. The van der Waals surface area contributed by atoms with E-state index in [1.807, 2.05) is 6.07 Å². The van der Waals surface area contributed by atoms with Crippen LogP contribution in [0.2, 0.25) is 15.1 Å². The summed E-state index contributed by atoms with van der Waals surface area (Å²) in [6.45, 7) is 0. The Balaban J connectivity index is 3.00. The SMILES string of the molecule is N#CCCc1c(Cl)cc(Cl)cc1Cl. The average Bonchev–Trinajstić information content (AvgIpc) is 2.02. The molecule has 0 radical (unpaired) electrons. The standard InChI is InChI=1S/C9H6Cl3N/c10-6-4-8(11)7(2-1-3-13)9(12)5-6/h4-5H,1-2H2. The molecule has 0 aliphatic carbocycles. The van der Waals surface area contributed by atoms with Gasteiger partial charge in [0.2, 0.25) is 0 Å². The minimum atomic E-state index is 0.404. The summed E-state index contributed by atoms with van der Waals surface area (Å²) in [4.78, 5) is 0. The maximum Gasteiger partial charge on any atom is 0.0625 e. The minimum Gasteiger partial charge on any atom is -0.198 e. The summed E-state index contributed by atoms with van der Waals surface area (Å²) in [6.07, 6.45) is 0.965. The van der Waals surface area contributed by atoms with E-state index in [4.69, 9.17) is 40.1 Å². The Labute approximate surface area is 91.8 Å². The molecule has 0 amide bonds. The van der Waals surface area contributed by atoms with Crippen molar-refractivity contribution in [2.24, 2.45) is 0 Å². The zero-order valence-electron chi connectivity index (χ0n) is 6.65. The number of hydrogen-bond acceptors (Lipinski definition) is 1. The molecule has 1 rings (SSSR count). The van der Waals surface area contributed by atoms with Gasteiger partial charge in [-0.3, -0.25) is 0 Å². The van der Waals surface area contributed by atoms with Crippen LogP contribution in [0.25, 0.3) is 0 Å². The fourth-order valence-electron chi connectivity index (χ4n) is 0.992. The lowest BCUT2D eigenvalue weighted by Crippen LogP contribution is -1.87. The van der Waals surface area contributed by atoms with Gasteiger partial charge < -0.3 is 0 Å². The molecule has 0 saturated carbocycles. The molecule has 4 heteroatoms. The van der Waals surface area contributed by atoms with Crippen molar-refractivity contribution in [3.8, 4) is 6.07 Å². The van der Waals surface area contributed by atoms with Crippen molar-refractivity contribution in [2.45, 2.75) is 12.8 Å². The predicted octanol–water partition coefficient (Wildman–Crippen LogP) is 4.10. The molecule has 1 aromatic carbocycles. The summed E-state index contributed by atoms with van der Waals surface area (Å²) >= 11 is 17.5. The van der Waals surface area contributed by atoms with E-state index in [0.717, 1.165) is 5.56 Å². The fourth-order valence-corrected chi connectivity index (χ4v) is 2.00. The molecule has 0 aliphatic heterocycles. The first-order valence-corrected chi connectivity index (χ1v) is 4.79. The Bertz CT molecular complexity index is 331. The normalized spacial score (nSPS) is 9.69. The maximum absolute atomic E-state index is 8.40. The van der Waals surface area contributed by atoms with E-state index in [1.165, 1.54) is 0 Å². The van der Waals surface area contributed by atoms with Crippen molar-refractivity contribution in [2.75, 3.05) is 0 Å². The van der Waals surface area contributed by atoms with Gasteiger partial charge >= 0.3 is 0 Å². The first-order valence-electron chi connectivity index (χ1n) is 3.65. The van der Waals surface area contributed by atoms with E-state index in [2.05, 4.69) is 0 Å². The third kappa shape index (κ3) is 2.77. The Kier molecular flexibility index (Phi) is 3.87. The quantitative estimate of drug-likeness (QED) is 0.756. The van der Waals surface area contributed by atoms with Gasteiger partial charge in [-0.15, -0.1) is 0 Å². The lowest BCUT2D eigenvalue weighted by Gasteiger charge is -2.04. The molecule has 0 aliphatic rings. The Morgan fingerprint density at radius 3 is 2.15 bits per heavy atom. The molecule has 0 heterocycles. The van der Waals surface area contributed by atoms with Gasteiger partial charge in [0.1, 0.15) is 0 Å². The molecule has 0 aromatic heterocycles. The van der Waals surface area contributed by atoms with Gasteiger partial charge in [-0.05, 0) is 24.1 Å². The highest BCUT2D eigenvalue weighted by Gasteiger charge is 2.06. The third-order valence-corrected chi connectivity index (χ3v) is 2.49. The van der Waals surface area contributed by atoms with Crippen LogP contribution in [0.1, 0.15) is 12.0 Å². The molecule has 0 unspecified atom stereocenters. The summed E-state index contributed by atoms with van der Waals surface area (Å²) in [5.74, 6) is 0. The highest BCUT2D eigenvalue weighted by atomic mass is 35.5. The number of nitrogens with zero attached hydrogens (tertiary/aromatic N) is 1. The van der Waals surface area contributed by atoms with Crippen LogP contribution in [0.4, 0.5) is 0 Å². The second-order valence-electron chi connectivity index (χ2n) is 2.51.